The van der Waals surface area contributed by atoms with Crippen molar-refractivity contribution >= 4 is 28.9 Å². The number of hydrogen-bond acceptors (Lipinski definition) is 5. The Hall–Kier alpha value is -3.12. The molecule has 1 amide bonds. The zero-order valence-electron chi connectivity index (χ0n) is 13.9. The van der Waals surface area contributed by atoms with Gasteiger partial charge in [-0.1, -0.05) is 30.3 Å². The van der Waals surface area contributed by atoms with E-state index in [0.717, 1.165) is 5.56 Å². The number of rotatable bonds is 7. The summed E-state index contributed by atoms with van der Waals surface area (Å²) in [6, 6.07) is 18.2. The van der Waals surface area contributed by atoms with Gasteiger partial charge in [0.15, 0.2) is 12.4 Å². The second-order valence-electron chi connectivity index (χ2n) is 5.43. The Morgan fingerprint density at radius 1 is 0.962 bits per heavy atom. The molecule has 0 unspecified atom stereocenters. The summed E-state index contributed by atoms with van der Waals surface area (Å²) in [4.78, 5) is 23.8. The third-order valence-electron chi connectivity index (χ3n) is 3.42. The lowest BCUT2D eigenvalue weighted by molar-refractivity contribution is -0.146. The van der Waals surface area contributed by atoms with E-state index < -0.39 is 11.9 Å². The third-order valence-corrected chi connectivity index (χ3v) is 4.16. The van der Waals surface area contributed by atoms with Gasteiger partial charge < -0.3 is 14.8 Å². The lowest BCUT2D eigenvalue weighted by Gasteiger charge is -2.12. The molecule has 3 rings (SSSR count). The summed E-state index contributed by atoms with van der Waals surface area (Å²) in [6.07, 6.45) is 0.157. The number of ether oxygens (including phenoxy) is 2. The second kappa shape index (κ2) is 8.82. The molecule has 0 saturated heterocycles. The molecular weight excluding hydrogens is 350 g/mol. The fraction of sp³-hybridized carbons (Fsp3) is 0.100. The molecule has 0 aliphatic heterocycles. The number of hydrogen-bond donors (Lipinski definition) is 1. The normalized spacial score (nSPS) is 10.2. The zero-order chi connectivity index (χ0) is 18.2. The van der Waals surface area contributed by atoms with Crippen LogP contribution in [0.5, 0.6) is 11.5 Å². The standard InChI is InChI=1S/C20H17NO4S/c22-19(13-24-20(23)12-15-10-11-26-14-15)21-17-8-4-5-9-18(17)25-16-6-2-1-3-7-16/h1-11,14H,12-13H2,(H,21,22). The number of amides is 1. The van der Waals surface area contributed by atoms with Gasteiger partial charge in [0.25, 0.3) is 5.91 Å². The topological polar surface area (TPSA) is 64.6 Å². The van der Waals surface area contributed by atoms with Crippen LogP contribution in [-0.4, -0.2) is 18.5 Å². The summed E-state index contributed by atoms with van der Waals surface area (Å²) < 4.78 is 10.8. The molecule has 0 spiro atoms. The van der Waals surface area contributed by atoms with Crippen molar-refractivity contribution in [2.45, 2.75) is 6.42 Å². The molecule has 132 valence electrons. The molecule has 2 aromatic carbocycles. The van der Waals surface area contributed by atoms with Gasteiger partial charge in [-0.15, -0.1) is 0 Å². The van der Waals surface area contributed by atoms with Crippen LogP contribution in [-0.2, 0) is 20.7 Å². The van der Waals surface area contributed by atoms with Crippen LogP contribution >= 0.6 is 11.3 Å². The highest BCUT2D eigenvalue weighted by atomic mass is 32.1. The van der Waals surface area contributed by atoms with Crippen LogP contribution in [0.15, 0.2) is 71.4 Å². The van der Waals surface area contributed by atoms with Gasteiger partial charge in [0.05, 0.1) is 12.1 Å². The zero-order valence-corrected chi connectivity index (χ0v) is 14.7. The van der Waals surface area contributed by atoms with Crippen LogP contribution < -0.4 is 10.1 Å². The van der Waals surface area contributed by atoms with Gasteiger partial charge in [-0.2, -0.15) is 11.3 Å². The number of esters is 1. The minimum Gasteiger partial charge on any atom is -0.455 e. The van der Waals surface area contributed by atoms with E-state index in [-0.39, 0.29) is 13.0 Å². The van der Waals surface area contributed by atoms with Gasteiger partial charge in [0.2, 0.25) is 0 Å². The van der Waals surface area contributed by atoms with Crippen molar-refractivity contribution in [2.75, 3.05) is 11.9 Å². The monoisotopic (exact) mass is 367 g/mol. The molecular formula is C20H17NO4S. The van der Waals surface area contributed by atoms with Crippen LogP contribution in [0, 0.1) is 0 Å². The molecule has 1 heterocycles. The first-order chi connectivity index (χ1) is 12.7. The van der Waals surface area contributed by atoms with Gasteiger partial charge in [0, 0.05) is 0 Å². The van der Waals surface area contributed by atoms with Crippen molar-refractivity contribution in [2.24, 2.45) is 0 Å². The molecule has 3 aromatic rings. The number of nitrogens with one attached hydrogen (secondary N) is 1. The van der Waals surface area contributed by atoms with E-state index >= 15 is 0 Å². The minimum absolute atomic E-state index is 0.157. The average Bonchev–Trinajstić information content (AvgIpc) is 3.15. The predicted molar refractivity (Wildman–Crippen MR) is 101 cm³/mol. The van der Waals surface area contributed by atoms with E-state index in [4.69, 9.17) is 9.47 Å². The Kier molecular flexibility index (Phi) is 6.01. The SMILES string of the molecule is O=C(COC(=O)Cc1ccsc1)Nc1ccccc1Oc1ccccc1. The highest BCUT2D eigenvalue weighted by Gasteiger charge is 2.11. The fourth-order valence-corrected chi connectivity index (χ4v) is 2.89. The number of carbonyl (C=O) groups is 2. The van der Waals surface area contributed by atoms with Crippen molar-refractivity contribution in [3.05, 3.63) is 77.0 Å². The van der Waals surface area contributed by atoms with E-state index in [1.54, 1.807) is 18.2 Å². The predicted octanol–water partition coefficient (Wildman–Crippen LogP) is 4.26. The first kappa shape index (κ1) is 17.7. The molecule has 0 aliphatic carbocycles. The van der Waals surface area contributed by atoms with Crippen LogP contribution in [0.25, 0.3) is 0 Å². The molecule has 0 saturated carbocycles. The summed E-state index contributed by atoms with van der Waals surface area (Å²) in [5, 5.41) is 6.47. The number of benzene rings is 2. The smallest absolute Gasteiger partial charge is 0.310 e. The van der Waals surface area contributed by atoms with Gasteiger partial charge in [-0.3, -0.25) is 9.59 Å². The molecule has 0 fully saturated rings. The third kappa shape index (κ3) is 5.19. The number of thiophene rings is 1. The van der Waals surface area contributed by atoms with E-state index in [9.17, 15) is 9.59 Å². The largest absolute Gasteiger partial charge is 0.455 e. The summed E-state index contributed by atoms with van der Waals surface area (Å²) in [7, 11) is 0. The van der Waals surface area contributed by atoms with Crippen LogP contribution in [0.2, 0.25) is 0 Å². The second-order valence-corrected chi connectivity index (χ2v) is 6.21. The van der Waals surface area contributed by atoms with Gasteiger partial charge in [0.1, 0.15) is 5.75 Å². The Morgan fingerprint density at radius 2 is 1.73 bits per heavy atom. The first-order valence-corrected chi connectivity index (χ1v) is 8.93. The van der Waals surface area contributed by atoms with Crippen molar-refractivity contribution in [1.29, 1.82) is 0 Å². The lowest BCUT2D eigenvalue weighted by atomic mass is 10.2. The van der Waals surface area contributed by atoms with Crippen molar-refractivity contribution in [1.82, 2.24) is 0 Å². The van der Waals surface area contributed by atoms with Crippen LogP contribution in [0.1, 0.15) is 5.56 Å². The first-order valence-electron chi connectivity index (χ1n) is 7.99. The maximum atomic E-state index is 12.1. The molecule has 0 bridgehead atoms. The van der Waals surface area contributed by atoms with Crippen molar-refractivity contribution in [3.8, 4) is 11.5 Å². The lowest BCUT2D eigenvalue weighted by Crippen LogP contribution is -2.21. The van der Waals surface area contributed by atoms with E-state index in [2.05, 4.69) is 5.32 Å². The van der Waals surface area contributed by atoms with E-state index in [1.807, 2.05) is 53.2 Å². The summed E-state index contributed by atoms with van der Waals surface area (Å²) in [5.74, 6) is 0.313. The van der Waals surface area contributed by atoms with Crippen molar-refractivity contribution in [3.63, 3.8) is 0 Å². The molecule has 0 atom stereocenters. The van der Waals surface area contributed by atoms with Crippen LogP contribution in [0.4, 0.5) is 5.69 Å². The summed E-state index contributed by atoms with van der Waals surface area (Å²) >= 11 is 1.51. The Balaban J connectivity index is 1.55. The number of carbonyl (C=O) groups excluding carboxylic acids is 2. The van der Waals surface area contributed by atoms with Gasteiger partial charge in [-0.05, 0) is 46.7 Å². The Labute approximate surface area is 155 Å². The molecule has 0 aliphatic rings. The Morgan fingerprint density at radius 3 is 2.50 bits per heavy atom. The fourth-order valence-electron chi connectivity index (χ4n) is 2.22. The molecule has 1 N–H and O–H groups in total. The van der Waals surface area contributed by atoms with E-state index in [1.165, 1.54) is 11.3 Å². The highest BCUT2D eigenvalue weighted by Crippen LogP contribution is 2.28. The molecule has 26 heavy (non-hydrogen) atoms. The number of anilines is 1. The molecule has 5 nitrogen and oxygen atoms in total. The maximum Gasteiger partial charge on any atom is 0.310 e. The number of para-hydroxylation sites is 3. The maximum absolute atomic E-state index is 12.1. The summed E-state index contributed by atoms with van der Waals surface area (Å²) in [5.41, 5.74) is 1.39. The highest BCUT2D eigenvalue weighted by molar-refractivity contribution is 7.08. The van der Waals surface area contributed by atoms with Crippen LogP contribution in [0.3, 0.4) is 0 Å². The quantitative estimate of drug-likeness (QED) is 0.634. The molecule has 0 radical (unpaired) electrons. The minimum atomic E-state index is -0.438. The molecule has 1 aromatic heterocycles. The van der Waals surface area contributed by atoms with Gasteiger partial charge >= 0.3 is 5.97 Å². The summed E-state index contributed by atoms with van der Waals surface area (Å²) in [6.45, 7) is -0.345. The van der Waals surface area contributed by atoms with E-state index in [0.29, 0.717) is 17.2 Å². The average molecular weight is 367 g/mol. The Bertz CT molecular complexity index is 863. The molecule has 6 heteroatoms. The van der Waals surface area contributed by atoms with Gasteiger partial charge in [-0.25, -0.2) is 0 Å². The van der Waals surface area contributed by atoms with Crippen molar-refractivity contribution < 1.29 is 19.1 Å².